The van der Waals surface area contributed by atoms with Crippen LogP contribution >= 0.6 is 0 Å². The van der Waals surface area contributed by atoms with Crippen LogP contribution in [0.5, 0.6) is 0 Å². The molecule has 0 aliphatic carbocycles. The van der Waals surface area contributed by atoms with Gasteiger partial charge in [-0.1, -0.05) is 116 Å². The van der Waals surface area contributed by atoms with Crippen LogP contribution in [0.1, 0.15) is 135 Å². The summed E-state index contributed by atoms with van der Waals surface area (Å²) < 4.78 is 31.8. The molecule has 0 aromatic rings. The van der Waals surface area contributed by atoms with Crippen molar-refractivity contribution >= 4 is 10.1 Å². The Morgan fingerprint density at radius 2 is 0.893 bits per heavy atom. The highest BCUT2D eigenvalue weighted by atomic mass is 32.2. The smallest absolute Gasteiger partial charge is 0.267 e. The molecule has 28 heavy (non-hydrogen) atoms. The lowest BCUT2D eigenvalue weighted by atomic mass is 10.0. The van der Waals surface area contributed by atoms with Crippen LogP contribution in [-0.2, 0) is 10.1 Å². The van der Waals surface area contributed by atoms with Crippen LogP contribution in [-0.4, -0.2) is 29.9 Å². The minimum atomic E-state index is -3.86. The van der Waals surface area contributed by atoms with Gasteiger partial charge in [-0.15, -0.1) is 0 Å². The van der Waals surface area contributed by atoms with Crippen LogP contribution in [0.15, 0.2) is 0 Å². The maximum absolute atomic E-state index is 11.3. The molecule has 1 unspecified atom stereocenters. The summed E-state index contributed by atoms with van der Waals surface area (Å²) in [5, 5.41) is 8.17. The predicted octanol–water partition coefficient (Wildman–Crippen LogP) is 7.06. The van der Waals surface area contributed by atoms with Crippen LogP contribution in [0.2, 0.25) is 0 Å². The summed E-state index contributed by atoms with van der Waals surface area (Å²) in [5.41, 5.74) is 0. The lowest BCUT2D eigenvalue weighted by Crippen LogP contribution is -2.20. The third kappa shape index (κ3) is 19.2. The summed E-state index contributed by atoms with van der Waals surface area (Å²) in [7, 11) is -3.86. The first-order valence-electron chi connectivity index (χ1n) is 12.1. The first-order valence-corrected chi connectivity index (χ1v) is 13.6. The largest absolute Gasteiger partial charge is 0.396 e. The molecule has 0 radical (unpaired) electrons. The molecule has 0 rings (SSSR count). The molecule has 2 N–H and O–H groups in total. The Morgan fingerprint density at radius 3 is 1.18 bits per heavy atom. The average Bonchev–Trinajstić information content (AvgIpc) is 2.65. The number of hydrogen-bond donors (Lipinski definition) is 2. The van der Waals surface area contributed by atoms with Gasteiger partial charge >= 0.3 is 0 Å². The van der Waals surface area contributed by atoms with E-state index < -0.39 is 15.4 Å². The van der Waals surface area contributed by atoms with Gasteiger partial charge in [0.25, 0.3) is 10.1 Å². The molecular formula is C23H48O4S. The van der Waals surface area contributed by atoms with E-state index in [-0.39, 0.29) is 0 Å². The van der Waals surface area contributed by atoms with Crippen molar-refractivity contribution in [3.63, 3.8) is 0 Å². The second-order valence-corrected chi connectivity index (χ2v) is 10.1. The molecule has 1 atom stereocenters. The lowest BCUT2D eigenvalue weighted by molar-refractivity contribution is 0.282. The maximum Gasteiger partial charge on any atom is 0.267 e. The number of aliphatic hydroxyl groups is 1. The van der Waals surface area contributed by atoms with Gasteiger partial charge in [-0.3, -0.25) is 4.55 Å². The van der Waals surface area contributed by atoms with Gasteiger partial charge < -0.3 is 5.11 Å². The quantitative estimate of drug-likeness (QED) is 0.145. The van der Waals surface area contributed by atoms with Crippen LogP contribution < -0.4 is 0 Å². The fourth-order valence-corrected chi connectivity index (χ4v) is 4.90. The zero-order valence-corrected chi connectivity index (χ0v) is 19.4. The van der Waals surface area contributed by atoms with Crippen molar-refractivity contribution in [2.24, 2.45) is 0 Å². The zero-order chi connectivity index (χ0) is 20.9. The second kappa shape index (κ2) is 20.2. The molecule has 0 amide bonds. The third-order valence-electron chi connectivity index (χ3n) is 5.72. The molecule has 170 valence electrons. The minimum absolute atomic E-state index is 0.344. The molecule has 0 bridgehead atoms. The fourth-order valence-electron chi connectivity index (χ4n) is 3.90. The molecule has 0 spiro atoms. The van der Waals surface area contributed by atoms with Gasteiger partial charge in [0.1, 0.15) is 0 Å². The zero-order valence-electron chi connectivity index (χ0n) is 18.5. The highest BCUT2D eigenvalue weighted by molar-refractivity contribution is 7.86. The van der Waals surface area contributed by atoms with E-state index in [2.05, 4.69) is 0 Å². The summed E-state index contributed by atoms with van der Waals surface area (Å²) >= 11 is 0. The molecule has 0 saturated heterocycles. The van der Waals surface area contributed by atoms with Crippen molar-refractivity contribution in [1.82, 2.24) is 0 Å². The number of rotatable bonds is 22. The number of unbranched alkanes of at least 4 members (excludes halogenated alkanes) is 16. The molecule has 0 aliphatic rings. The Hall–Kier alpha value is -0.130. The van der Waals surface area contributed by atoms with E-state index in [1.54, 1.807) is 0 Å². The molecule has 0 aromatic carbocycles. The number of hydrogen-bond acceptors (Lipinski definition) is 3. The van der Waals surface area contributed by atoms with Crippen molar-refractivity contribution in [1.29, 1.82) is 0 Å². The average molecular weight is 421 g/mol. The van der Waals surface area contributed by atoms with E-state index in [4.69, 9.17) is 5.11 Å². The van der Waals surface area contributed by atoms with Crippen molar-refractivity contribution in [2.45, 2.75) is 141 Å². The molecule has 4 nitrogen and oxygen atoms in total. The lowest BCUT2D eigenvalue weighted by Gasteiger charge is -2.12. The number of aliphatic hydroxyl groups excluding tert-OH is 1. The fraction of sp³-hybridized carbons (Fsp3) is 1.00. The molecule has 0 fully saturated rings. The maximum atomic E-state index is 11.3. The van der Waals surface area contributed by atoms with E-state index in [0.29, 0.717) is 19.4 Å². The summed E-state index contributed by atoms with van der Waals surface area (Å²) in [5.74, 6) is 0. The molecule has 5 heteroatoms. The standard InChI is InChI=1S/C23H48O4S/c1-2-20-23(28(25,26)27)21-18-16-14-12-10-8-6-4-3-5-7-9-11-13-15-17-19-22-24/h23-24H,2-22H2,1H3,(H,25,26,27). The van der Waals surface area contributed by atoms with Crippen LogP contribution in [0.4, 0.5) is 0 Å². The first-order chi connectivity index (χ1) is 13.5. The van der Waals surface area contributed by atoms with Crippen LogP contribution in [0.3, 0.4) is 0 Å². The van der Waals surface area contributed by atoms with Crippen molar-refractivity contribution in [3.05, 3.63) is 0 Å². The van der Waals surface area contributed by atoms with Gasteiger partial charge in [0, 0.05) is 6.61 Å². The normalized spacial score (nSPS) is 13.1. The van der Waals surface area contributed by atoms with E-state index in [1.807, 2.05) is 6.92 Å². The van der Waals surface area contributed by atoms with Gasteiger partial charge in [0.05, 0.1) is 5.25 Å². The van der Waals surface area contributed by atoms with Gasteiger partial charge in [-0.25, -0.2) is 0 Å². The van der Waals surface area contributed by atoms with E-state index in [0.717, 1.165) is 25.7 Å². The van der Waals surface area contributed by atoms with Crippen molar-refractivity contribution in [3.8, 4) is 0 Å². The Morgan fingerprint density at radius 1 is 0.571 bits per heavy atom. The monoisotopic (exact) mass is 420 g/mol. The van der Waals surface area contributed by atoms with Crippen LogP contribution in [0, 0.1) is 0 Å². The Balaban J connectivity index is 3.25. The first kappa shape index (κ1) is 27.9. The summed E-state index contributed by atoms with van der Waals surface area (Å²) in [6.07, 6.45) is 23.4. The SMILES string of the molecule is CCCC(CCCCCCCCCCCCCCCCCCCO)S(=O)(=O)O. The van der Waals surface area contributed by atoms with Crippen LogP contribution in [0.25, 0.3) is 0 Å². The topological polar surface area (TPSA) is 74.6 Å². The summed E-state index contributed by atoms with van der Waals surface area (Å²) in [4.78, 5) is 0. The van der Waals surface area contributed by atoms with Gasteiger partial charge in [0.15, 0.2) is 0 Å². The predicted molar refractivity (Wildman–Crippen MR) is 120 cm³/mol. The summed E-state index contributed by atoms with van der Waals surface area (Å²) in [6.45, 7) is 2.30. The molecule has 0 saturated carbocycles. The molecule has 0 aliphatic heterocycles. The Kier molecular flexibility index (Phi) is 20.1. The van der Waals surface area contributed by atoms with Gasteiger partial charge in [-0.2, -0.15) is 8.42 Å². The van der Waals surface area contributed by atoms with E-state index >= 15 is 0 Å². The van der Waals surface area contributed by atoms with E-state index in [1.165, 1.54) is 89.9 Å². The highest BCUT2D eigenvalue weighted by Gasteiger charge is 2.20. The second-order valence-electron chi connectivity index (χ2n) is 8.45. The summed E-state index contributed by atoms with van der Waals surface area (Å²) in [6, 6.07) is 0. The highest BCUT2D eigenvalue weighted by Crippen LogP contribution is 2.17. The van der Waals surface area contributed by atoms with E-state index in [9.17, 15) is 13.0 Å². The van der Waals surface area contributed by atoms with Crippen molar-refractivity contribution in [2.75, 3.05) is 6.61 Å². The van der Waals surface area contributed by atoms with Gasteiger partial charge in [-0.05, 0) is 19.3 Å². The molecule has 0 heterocycles. The van der Waals surface area contributed by atoms with Gasteiger partial charge in [0.2, 0.25) is 0 Å². The molecule has 0 aromatic heterocycles. The Bertz CT molecular complexity index is 409. The Labute approximate surface area is 175 Å². The van der Waals surface area contributed by atoms with Crippen molar-refractivity contribution < 1.29 is 18.1 Å². The minimum Gasteiger partial charge on any atom is -0.396 e. The molecular weight excluding hydrogens is 372 g/mol. The third-order valence-corrected chi connectivity index (χ3v) is 7.03.